The number of ether oxygens (including phenoxy) is 1. The van der Waals surface area contributed by atoms with Crippen LogP contribution in [0, 0.1) is 0 Å². The third-order valence-electron chi connectivity index (χ3n) is 2.91. The van der Waals surface area contributed by atoms with Gasteiger partial charge in [0.15, 0.2) is 5.15 Å². The largest absolute Gasteiger partial charge is 0.372 e. The van der Waals surface area contributed by atoms with Crippen LogP contribution in [0.3, 0.4) is 0 Å². The average molecular weight is 298 g/mol. The zero-order valence-electron chi connectivity index (χ0n) is 11.3. The lowest BCUT2D eigenvalue weighted by Gasteiger charge is -2.34. The van der Waals surface area contributed by atoms with Crippen LogP contribution < -0.4 is 5.32 Å². The highest BCUT2D eigenvalue weighted by molar-refractivity contribution is 6.41. The summed E-state index contributed by atoms with van der Waals surface area (Å²) >= 11 is 5.83. The molecule has 0 radical (unpaired) electrons. The quantitative estimate of drug-likeness (QED) is 0.627. The number of hydrogen-bond donors (Lipinski definition) is 1. The van der Waals surface area contributed by atoms with Gasteiger partial charge in [-0.2, -0.15) is 0 Å². The molecule has 1 aromatic heterocycles. The maximum atomic E-state index is 12.1. The number of aromatic nitrogens is 1. The first-order valence-corrected chi connectivity index (χ1v) is 6.71. The predicted molar refractivity (Wildman–Crippen MR) is 74.5 cm³/mol. The van der Waals surface area contributed by atoms with Crippen LogP contribution in [0.5, 0.6) is 0 Å². The van der Waals surface area contributed by atoms with Gasteiger partial charge < -0.3 is 15.0 Å². The number of carbonyl (C=O) groups is 2. The lowest BCUT2D eigenvalue weighted by molar-refractivity contribution is -0.151. The van der Waals surface area contributed by atoms with E-state index < -0.39 is 11.8 Å². The fraction of sp³-hybridized carbons (Fsp3) is 0.462. The first kappa shape index (κ1) is 14.7. The molecule has 0 bridgehead atoms. The molecule has 0 aromatic carbocycles. The van der Waals surface area contributed by atoms with Gasteiger partial charge in [-0.15, -0.1) is 0 Å². The molecule has 2 unspecified atom stereocenters. The molecule has 1 N–H and O–H groups in total. The minimum absolute atomic E-state index is 0.0857. The van der Waals surface area contributed by atoms with E-state index in [2.05, 4.69) is 10.3 Å². The van der Waals surface area contributed by atoms with Gasteiger partial charge in [0, 0.05) is 19.3 Å². The van der Waals surface area contributed by atoms with Gasteiger partial charge >= 0.3 is 11.8 Å². The number of morpholine rings is 1. The Balaban J connectivity index is 2.02. The van der Waals surface area contributed by atoms with Gasteiger partial charge in [-0.05, 0) is 26.0 Å². The molecule has 2 atom stereocenters. The Bertz CT molecular complexity index is 513. The van der Waals surface area contributed by atoms with Crippen LogP contribution in [0.4, 0.5) is 5.69 Å². The van der Waals surface area contributed by atoms with E-state index in [-0.39, 0.29) is 17.4 Å². The molecule has 20 heavy (non-hydrogen) atoms. The number of anilines is 1. The molecular formula is C13H16ClN3O3. The van der Waals surface area contributed by atoms with Crippen molar-refractivity contribution in [3.05, 3.63) is 23.5 Å². The van der Waals surface area contributed by atoms with Gasteiger partial charge in [-0.1, -0.05) is 11.6 Å². The summed E-state index contributed by atoms with van der Waals surface area (Å²) in [5, 5.41) is 2.62. The third kappa shape index (κ3) is 3.46. The number of carbonyl (C=O) groups excluding carboxylic acids is 2. The molecular weight excluding hydrogens is 282 g/mol. The standard InChI is InChI=1S/C13H16ClN3O3/c1-8-6-17(7-9(2)20-8)13(19)12(18)16-10-4-3-5-15-11(10)14/h3-5,8-9H,6-7H2,1-2H3,(H,16,18). The minimum atomic E-state index is -0.721. The Morgan fingerprint density at radius 1 is 1.40 bits per heavy atom. The molecule has 2 heterocycles. The van der Waals surface area contributed by atoms with Crippen molar-refractivity contribution >= 4 is 29.1 Å². The second-order valence-electron chi connectivity index (χ2n) is 4.76. The maximum absolute atomic E-state index is 12.1. The van der Waals surface area contributed by atoms with Crippen LogP contribution in [-0.2, 0) is 14.3 Å². The van der Waals surface area contributed by atoms with Gasteiger partial charge in [-0.3, -0.25) is 9.59 Å². The lowest BCUT2D eigenvalue weighted by atomic mass is 10.2. The van der Waals surface area contributed by atoms with Gasteiger partial charge in [-0.25, -0.2) is 4.98 Å². The molecule has 108 valence electrons. The SMILES string of the molecule is CC1CN(C(=O)C(=O)Nc2cccnc2Cl)CC(C)O1. The highest BCUT2D eigenvalue weighted by Gasteiger charge is 2.29. The molecule has 1 aromatic rings. The van der Waals surface area contributed by atoms with E-state index in [0.29, 0.717) is 18.8 Å². The van der Waals surface area contributed by atoms with Gasteiger partial charge in [0.2, 0.25) is 0 Å². The normalized spacial score (nSPS) is 22.4. The molecule has 1 aliphatic heterocycles. The van der Waals surface area contributed by atoms with E-state index in [9.17, 15) is 9.59 Å². The van der Waals surface area contributed by atoms with Crippen molar-refractivity contribution in [2.45, 2.75) is 26.1 Å². The summed E-state index contributed by atoms with van der Waals surface area (Å²) in [7, 11) is 0. The maximum Gasteiger partial charge on any atom is 0.313 e. The Morgan fingerprint density at radius 2 is 2.05 bits per heavy atom. The molecule has 0 aliphatic carbocycles. The number of pyridine rings is 1. The second kappa shape index (κ2) is 6.19. The van der Waals surface area contributed by atoms with Crippen LogP contribution in [0.2, 0.25) is 5.15 Å². The number of nitrogens with one attached hydrogen (secondary N) is 1. The topological polar surface area (TPSA) is 71.5 Å². The summed E-state index contributed by atoms with van der Waals surface area (Å²) in [6.45, 7) is 4.53. The molecule has 1 saturated heterocycles. The summed E-state index contributed by atoms with van der Waals surface area (Å²) < 4.78 is 5.53. The van der Waals surface area contributed by atoms with Gasteiger partial charge in [0.05, 0.1) is 17.9 Å². The highest BCUT2D eigenvalue weighted by atomic mass is 35.5. The zero-order chi connectivity index (χ0) is 14.7. The summed E-state index contributed by atoms with van der Waals surface area (Å²) in [6.07, 6.45) is 1.33. The number of nitrogens with zero attached hydrogens (tertiary/aromatic N) is 2. The van der Waals surface area contributed by atoms with Crippen molar-refractivity contribution < 1.29 is 14.3 Å². The molecule has 6 nitrogen and oxygen atoms in total. The fourth-order valence-corrected chi connectivity index (χ4v) is 2.31. The summed E-state index contributed by atoms with van der Waals surface area (Å²) in [5.41, 5.74) is 0.321. The van der Waals surface area contributed by atoms with Crippen LogP contribution in [0.1, 0.15) is 13.8 Å². The van der Waals surface area contributed by atoms with Gasteiger partial charge in [0.25, 0.3) is 0 Å². The molecule has 2 amide bonds. The number of amides is 2. The second-order valence-corrected chi connectivity index (χ2v) is 5.12. The van der Waals surface area contributed by atoms with E-state index in [1.54, 1.807) is 12.1 Å². The Labute approximate surface area is 122 Å². The molecule has 1 aliphatic rings. The van der Waals surface area contributed by atoms with Crippen molar-refractivity contribution in [3.8, 4) is 0 Å². The van der Waals surface area contributed by atoms with Crippen molar-refractivity contribution in [3.63, 3.8) is 0 Å². The molecule has 1 fully saturated rings. The zero-order valence-corrected chi connectivity index (χ0v) is 12.1. The fourth-order valence-electron chi connectivity index (χ4n) is 2.14. The third-order valence-corrected chi connectivity index (χ3v) is 3.21. The van der Waals surface area contributed by atoms with Crippen molar-refractivity contribution in [1.82, 2.24) is 9.88 Å². The Kier molecular flexibility index (Phi) is 4.57. The number of rotatable bonds is 1. The van der Waals surface area contributed by atoms with Crippen molar-refractivity contribution in [2.75, 3.05) is 18.4 Å². The van der Waals surface area contributed by atoms with Gasteiger partial charge in [0.1, 0.15) is 0 Å². The van der Waals surface area contributed by atoms with Crippen molar-refractivity contribution in [2.24, 2.45) is 0 Å². The van der Waals surface area contributed by atoms with E-state index in [0.717, 1.165) is 0 Å². The Morgan fingerprint density at radius 3 is 2.65 bits per heavy atom. The smallest absolute Gasteiger partial charge is 0.313 e. The summed E-state index contributed by atoms with van der Waals surface area (Å²) in [4.78, 5) is 29.4. The number of hydrogen-bond acceptors (Lipinski definition) is 4. The van der Waals surface area contributed by atoms with Crippen LogP contribution in [-0.4, -0.2) is 47.0 Å². The molecule has 7 heteroatoms. The van der Waals surface area contributed by atoms with E-state index in [1.165, 1.54) is 11.1 Å². The first-order valence-electron chi connectivity index (χ1n) is 6.33. The first-order chi connectivity index (χ1) is 9.47. The van der Waals surface area contributed by atoms with E-state index >= 15 is 0 Å². The highest BCUT2D eigenvalue weighted by Crippen LogP contribution is 2.18. The molecule has 2 rings (SSSR count). The number of halogens is 1. The van der Waals surface area contributed by atoms with Crippen LogP contribution in [0.15, 0.2) is 18.3 Å². The molecule has 0 spiro atoms. The van der Waals surface area contributed by atoms with Crippen LogP contribution in [0.25, 0.3) is 0 Å². The minimum Gasteiger partial charge on any atom is -0.372 e. The lowest BCUT2D eigenvalue weighted by Crippen LogP contribution is -2.51. The Hall–Kier alpha value is -1.66. The monoisotopic (exact) mass is 297 g/mol. The average Bonchev–Trinajstić information content (AvgIpc) is 2.39. The summed E-state index contributed by atoms with van der Waals surface area (Å²) in [5.74, 6) is -1.31. The molecule has 0 saturated carbocycles. The summed E-state index contributed by atoms with van der Waals surface area (Å²) in [6, 6.07) is 3.22. The van der Waals surface area contributed by atoms with E-state index in [1.807, 2.05) is 13.8 Å². The van der Waals surface area contributed by atoms with E-state index in [4.69, 9.17) is 16.3 Å². The predicted octanol–water partition coefficient (Wildman–Crippen LogP) is 1.31. The van der Waals surface area contributed by atoms with Crippen LogP contribution >= 0.6 is 11.6 Å². The van der Waals surface area contributed by atoms with Crippen molar-refractivity contribution in [1.29, 1.82) is 0 Å².